The fourth-order valence-electron chi connectivity index (χ4n) is 1.30. The lowest BCUT2D eigenvalue weighted by Crippen LogP contribution is -1.99. The zero-order chi connectivity index (χ0) is 11.4. The Balaban J connectivity index is 2.57. The minimum Gasteiger partial charge on any atom is -0.491 e. The minimum absolute atomic E-state index is 0.498. The number of hydrogen-bond acceptors (Lipinski definition) is 6. The van der Waals surface area contributed by atoms with E-state index < -0.39 is 0 Å². The highest BCUT2D eigenvalue weighted by Crippen LogP contribution is 2.33. The van der Waals surface area contributed by atoms with Gasteiger partial charge in [0.05, 0.1) is 20.4 Å². The Labute approximate surface area is 92.3 Å². The van der Waals surface area contributed by atoms with Crippen molar-refractivity contribution in [2.45, 2.75) is 0 Å². The fourth-order valence-corrected chi connectivity index (χ4v) is 1.30. The largest absolute Gasteiger partial charge is 0.491 e. The lowest BCUT2D eigenvalue weighted by molar-refractivity contribution is 0.352. The number of hydrogen-bond donors (Lipinski definition) is 0. The number of aromatic nitrogens is 4. The van der Waals surface area contributed by atoms with Crippen LogP contribution in [0.3, 0.4) is 0 Å². The Morgan fingerprint density at radius 3 is 2.56 bits per heavy atom. The second kappa shape index (κ2) is 4.52. The molecule has 2 aromatic heterocycles. The van der Waals surface area contributed by atoms with Crippen molar-refractivity contribution in [1.82, 2.24) is 20.4 Å². The molecule has 0 bridgehead atoms. The second-order valence-electron chi connectivity index (χ2n) is 2.90. The average molecular weight is 218 g/mol. The summed E-state index contributed by atoms with van der Waals surface area (Å²) >= 11 is 0. The van der Waals surface area contributed by atoms with Crippen LogP contribution in [0.5, 0.6) is 11.5 Å². The Morgan fingerprint density at radius 2 is 1.94 bits per heavy atom. The van der Waals surface area contributed by atoms with Crippen molar-refractivity contribution in [2.24, 2.45) is 0 Å². The zero-order valence-electron chi connectivity index (χ0n) is 8.91. The minimum atomic E-state index is 0.498. The third kappa shape index (κ3) is 1.77. The van der Waals surface area contributed by atoms with Gasteiger partial charge in [0, 0.05) is 6.20 Å². The van der Waals surface area contributed by atoms with Gasteiger partial charge in [0.15, 0.2) is 17.2 Å². The monoisotopic (exact) mass is 218 g/mol. The first-order valence-corrected chi connectivity index (χ1v) is 4.58. The molecule has 0 unspecified atom stereocenters. The Hall–Kier alpha value is -2.24. The van der Waals surface area contributed by atoms with Gasteiger partial charge in [-0.15, -0.1) is 10.2 Å². The van der Waals surface area contributed by atoms with Gasteiger partial charge >= 0.3 is 0 Å². The SMILES string of the molecule is COc1cnnc(-c2cccnn2)c1OC. The Kier molecular flexibility index (Phi) is 2.90. The lowest BCUT2D eigenvalue weighted by atomic mass is 10.2. The molecule has 2 heterocycles. The smallest absolute Gasteiger partial charge is 0.192 e. The number of ether oxygens (including phenoxy) is 2. The number of methoxy groups -OCH3 is 2. The predicted molar refractivity (Wildman–Crippen MR) is 56.2 cm³/mol. The van der Waals surface area contributed by atoms with Crippen LogP contribution in [-0.4, -0.2) is 34.6 Å². The van der Waals surface area contributed by atoms with E-state index >= 15 is 0 Å². The van der Waals surface area contributed by atoms with Crippen molar-refractivity contribution >= 4 is 0 Å². The molecule has 0 N–H and O–H groups in total. The normalized spacial score (nSPS) is 9.88. The third-order valence-electron chi connectivity index (χ3n) is 2.01. The van der Waals surface area contributed by atoms with Crippen molar-refractivity contribution in [3.63, 3.8) is 0 Å². The number of nitrogens with zero attached hydrogens (tertiary/aromatic N) is 4. The van der Waals surface area contributed by atoms with Gasteiger partial charge < -0.3 is 9.47 Å². The summed E-state index contributed by atoms with van der Waals surface area (Å²) in [7, 11) is 3.08. The summed E-state index contributed by atoms with van der Waals surface area (Å²) in [6.45, 7) is 0. The molecule has 0 saturated heterocycles. The molecule has 0 saturated carbocycles. The molecule has 6 heteroatoms. The molecule has 0 atom stereocenters. The van der Waals surface area contributed by atoms with E-state index in [1.54, 1.807) is 32.5 Å². The van der Waals surface area contributed by atoms with Crippen molar-refractivity contribution in [2.75, 3.05) is 14.2 Å². The molecule has 6 nitrogen and oxygen atoms in total. The molecule has 2 aromatic rings. The molecular weight excluding hydrogens is 208 g/mol. The van der Waals surface area contributed by atoms with Gasteiger partial charge in [-0.1, -0.05) is 0 Å². The quantitative estimate of drug-likeness (QED) is 0.763. The van der Waals surface area contributed by atoms with Crippen LogP contribution in [-0.2, 0) is 0 Å². The van der Waals surface area contributed by atoms with E-state index in [0.29, 0.717) is 22.9 Å². The summed E-state index contributed by atoms with van der Waals surface area (Å²) in [6.07, 6.45) is 3.07. The van der Waals surface area contributed by atoms with Crippen LogP contribution < -0.4 is 9.47 Å². The first-order valence-electron chi connectivity index (χ1n) is 4.58. The molecule has 0 spiro atoms. The van der Waals surface area contributed by atoms with Crippen LogP contribution in [0, 0.1) is 0 Å². The summed E-state index contributed by atoms with van der Waals surface area (Å²) < 4.78 is 10.3. The molecule has 0 radical (unpaired) electrons. The van der Waals surface area contributed by atoms with Crippen LogP contribution in [0.2, 0.25) is 0 Å². The molecule has 0 aliphatic heterocycles. The van der Waals surface area contributed by atoms with E-state index in [0.717, 1.165) is 0 Å². The summed E-state index contributed by atoms with van der Waals surface area (Å²) in [5.74, 6) is 1.01. The Morgan fingerprint density at radius 1 is 1.06 bits per heavy atom. The number of rotatable bonds is 3. The van der Waals surface area contributed by atoms with Crippen molar-refractivity contribution in [3.8, 4) is 22.9 Å². The zero-order valence-corrected chi connectivity index (χ0v) is 8.91. The standard InChI is InChI=1S/C10H10N4O2/c1-15-8-6-12-14-9(10(8)16-2)7-4-3-5-11-13-7/h3-6H,1-2H3. The maximum Gasteiger partial charge on any atom is 0.192 e. The molecular formula is C10H10N4O2. The van der Waals surface area contributed by atoms with Crippen LogP contribution in [0.15, 0.2) is 24.5 Å². The molecule has 2 rings (SSSR count). The highest BCUT2D eigenvalue weighted by Gasteiger charge is 2.14. The van der Waals surface area contributed by atoms with E-state index in [1.807, 2.05) is 0 Å². The summed E-state index contributed by atoms with van der Waals surface area (Å²) in [6, 6.07) is 3.54. The topological polar surface area (TPSA) is 70.0 Å². The second-order valence-corrected chi connectivity index (χ2v) is 2.90. The van der Waals surface area contributed by atoms with Gasteiger partial charge in [-0.3, -0.25) is 0 Å². The van der Waals surface area contributed by atoms with E-state index in [-0.39, 0.29) is 0 Å². The lowest BCUT2D eigenvalue weighted by Gasteiger charge is -2.09. The molecule has 0 aromatic carbocycles. The highest BCUT2D eigenvalue weighted by atomic mass is 16.5. The van der Waals surface area contributed by atoms with Gasteiger partial charge in [0.1, 0.15) is 5.69 Å². The van der Waals surface area contributed by atoms with Crippen LogP contribution in [0.4, 0.5) is 0 Å². The van der Waals surface area contributed by atoms with Gasteiger partial charge in [0.25, 0.3) is 0 Å². The maximum absolute atomic E-state index is 5.23. The molecule has 0 fully saturated rings. The van der Waals surface area contributed by atoms with Crippen LogP contribution in [0.1, 0.15) is 0 Å². The summed E-state index contributed by atoms with van der Waals surface area (Å²) in [4.78, 5) is 0. The first kappa shape index (κ1) is 10.3. The molecule has 16 heavy (non-hydrogen) atoms. The van der Waals surface area contributed by atoms with Gasteiger partial charge in [-0.05, 0) is 12.1 Å². The molecule has 82 valence electrons. The van der Waals surface area contributed by atoms with Gasteiger partial charge in [-0.2, -0.15) is 10.2 Å². The van der Waals surface area contributed by atoms with Crippen molar-refractivity contribution in [3.05, 3.63) is 24.5 Å². The molecule has 0 aliphatic carbocycles. The average Bonchev–Trinajstić information content (AvgIpc) is 2.38. The van der Waals surface area contributed by atoms with Crippen molar-refractivity contribution < 1.29 is 9.47 Å². The first-order chi connectivity index (χ1) is 7.86. The van der Waals surface area contributed by atoms with E-state index in [1.165, 1.54) is 6.20 Å². The Bertz CT molecular complexity index is 476. The summed E-state index contributed by atoms with van der Waals surface area (Å²) in [5.41, 5.74) is 1.10. The van der Waals surface area contributed by atoms with Crippen molar-refractivity contribution in [1.29, 1.82) is 0 Å². The fraction of sp³-hybridized carbons (Fsp3) is 0.200. The van der Waals surface area contributed by atoms with Crippen LogP contribution in [0.25, 0.3) is 11.4 Å². The van der Waals surface area contributed by atoms with E-state index in [4.69, 9.17) is 9.47 Å². The predicted octanol–water partition coefficient (Wildman–Crippen LogP) is 0.951. The van der Waals surface area contributed by atoms with Gasteiger partial charge in [-0.25, -0.2) is 0 Å². The third-order valence-corrected chi connectivity index (χ3v) is 2.01. The summed E-state index contributed by atoms with van der Waals surface area (Å²) in [5, 5.41) is 15.5. The molecule has 0 amide bonds. The molecule has 0 aliphatic rings. The maximum atomic E-state index is 5.23. The van der Waals surface area contributed by atoms with E-state index in [9.17, 15) is 0 Å². The van der Waals surface area contributed by atoms with Gasteiger partial charge in [0.2, 0.25) is 0 Å². The van der Waals surface area contributed by atoms with Crippen LogP contribution >= 0.6 is 0 Å². The van der Waals surface area contributed by atoms with E-state index in [2.05, 4.69) is 20.4 Å². The highest BCUT2D eigenvalue weighted by molar-refractivity contribution is 5.65.